The quantitative estimate of drug-likeness (QED) is 0.904. The molecule has 20 heavy (non-hydrogen) atoms. The van der Waals surface area contributed by atoms with E-state index in [1.165, 1.54) is 31.2 Å². The van der Waals surface area contributed by atoms with Crippen LogP contribution in [0, 0.1) is 0 Å². The molecule has 1 aromatic carbocycles. The van der Waals surface area contributed by atoms with Gasteiger partial charge in [0.05, 0.1) is 6.33 Å². The molecule has 1 aliphatic rings. The molecular formula is C17H23N3. The zero-order chi connectivity index (χ0) is 13.8. The number of hydrogen-bond donors (Lipinski definition) is 1. The third-order valence-corrected chi connectivity index (χ3v) is 4.25. The van der Waals surface area contributed by atoms with E-state index in [1.807, 2.05) is 18.7 Å². The van der Waals surface area contributed by atoms with Crippen molar-refractivity contribution in [3.05, 3.63) is 53.6 Å². The molecule has 0 saturated heterocycles. The van der Waals surface area contributed by atoms with Crippen molar-refractivity contribution >= 4 is 0 Å². The predicted octanol–water partition coefficient (Wildman–Crippen LogP) is 3.11. The normalized spacial score (nSPS) is 15.8. The van der Waals surface area contributed by atoms with E-state index in [4.69, 9.17) is 0 Å². The van der Waals surface area contributed by atoms with Gasteiger partial charge in [-0.15, -0.1) is 0 Å². The monoisotopic (exact) mass is 269 g/mol. The fourth-order valence-corrected chi connectivity index (χ4v) is 2.97. The zero-order valence-corrected chi connectivity index (χ0v) is 12.2. The Bertz CT molecular complexity index is 545. The van der Waals surface area contributed by atoms with Crippen LogP contribution in [0.1, 0.15) is 42.5 Å². The van der Waals surface area contributed by atoms with Gasteiger partial charge in [-0.3, -0.25) is 0 Å². The van der Waals surface area contributed by atoms with Gasteiger partial charge in [0.2, 0.25) is 0 Å². The van der Waals surface area contributed by atoms with Gasteiger partial charge in [-0.2, -0.15) is 0 Å². The Morgan fingerprint density at radius 1 is 1.25 bits per heavy atom. The minimum Gasteiger partial charge on any atom is -0.336 e. The number of aryl methyl sites for hydroxylation is 2. The fourth-order valence-electron chi connectivity index (χ4n) is 2.97. The summed E-state index contributed by atoms with van der Waals surface area (Å²) in [4.78, 5) is 4.06. The summed E-state index contributed by atoms with van der Waals surface area (Å²) >= 11 is 0. The van der Waals surface area contributed by atoms with Crippen LogP contribution in [-0.4, -0.2) is 16.1 Å². The molecule has 106 valence electrons. The van der Waals surface area contributed by atoms with Crippen molar-refractivity contribution in [3.63, 3.8) is 0 Å². The number of aromatic nitrogens is 2. The standard InChI is InChI=1S/C17H23N3/c1-14(19-9-11-20-10-8-18-13-20)16-7-6-15-4-2-3-5-17(15)12-16/h6-8,10,12-14,19H,2-5,9,11H2,1H3. The van der Waals surface area contributed by atoms with Gasteiger partial charge in [-0.1, -0.05) is 18.2 Å². The second-order valence-corrected chi connectivity index (χ2v) is 5.71. The van der Waals surface area contributed by atoms with Crippen LogP contribution < -0.4 is 5.32 Å². The van der Waals surface area contributed by atoms with Crippen molar-refractivity contribution in [2.24, 2.45) is 0 Å². The summed E-state index contributed by atoms with van der Waals surface area (Å²) in [6.45, 7) is 4.18. The Balaban J connectivity index is 1.57. The molecule has 0 bridgehead atoms. The molecule has 1 unspecified atom stereocenters. The Morgan fingerprint density at radius 3 is 2.90 bits per heavy atom. The minimum absolute atomic E-state index is 0.408. The summed E-state index contributed by atoms with van der Waals surface area (Å²) in [6.07, 6.45) is 10.9. The highest BCUT2D eigenvalue weighted by atomic mass is 15.0. The molecule has 1 aliphatic carbocycles. The number of rotatable bonds is 5. The summed E-state index contributed by atoms with van der Waals surface area (Å²) in [5.41, 5.74) is 4.54. The Kier molecular flexibility index (Phi) is 4.16. The molecule has 1 N–H and O–H groups in total. The highest BCUT2D eigenvalue weighted by molar-refractivity contribution is 5.35. The van der Waals surface area contributed by atoms with Gasteiger partial charge in [-0.25, -0.2) is 4.98 Å². The summed E-state index contributed by atoms with van der Waals surface area (Å²) in [5, 5.41) is 3.60. The summed E-state index contributed by atoms with van der Waals surface area (Å²) < 4.78 is 2.10. The van der Waals surface area contributed by atoms with E-state index < -0.39 is 0 Å². The number of nitrogens with zero attached hydrogens (tertiary/aromatic N) is 2. The third-order valence-electron chi connectivity index (χ3n) is 4.25. The lowest BCUT2D eigenvalue weighted by molar-refractivity contribution is 0.530. The molecular weight excluding hydrogens is 246 g/mol. The first-order valence-electron chi connectivity index (χ1n) is 7.64. The number of benzene rings is 1. The SMILES string of the molecule is CC(NCCn1ccnc1)c1ccc2c(c1)CCCC2. The maximum atomic E-state index is 4.06. The number of imidazole rings is 1. The van der Waals surface area contributed by atoms with Gasteiger partial charge in [0.25, 0.3) is 0 Å². The van der Waals surface area contributed by atoms with Crippen molar-refractivity contribution in [1.29, 1.82) is 0 Å². The molecule has 0 radical (unpaired) electrons. The Labute approximate surface area is 121 Å². The van der Waals surface area contributed by atoms with Crippen LogP contribution in [-0.2, 0) is 19.4 Å². The molecule has 1 atom stereocenters. The average molecular weight is 269 g/mol. The lowest BCUT2D eigenvalue weighted by Crippen LogP contribution is -2.23. The van der Waals surface area contributed by atoms with Gasteiger partial charge in [0.15, 0.2) is 0 Å². The topological polar surface area (TPSA) is 29.9 Å². The summed E-state index contributed by atoms with van der Waals surface area (Å²) in [7, 11) is 0. The molecule has 0 saturated carbocycles. The second kappa shape index (κ2) is 6.23. The largest absolute Gasteiger partial charge is 0.336 e. The van der Waals surface area contributed by atoms with E-state index in [0.717, 1.165) is 13.1 Å². The van der Waals surface area contributed by atoms with Crippen LogP contribution in [0.25, 0.3) is 0 Å². The fraction of sp³-hybridized carbons (Fsp3) is 0.471. The first kappa shape index (κ1) is 13.4. The van der Waals surface area contributed by atoms with Gasteiger partial charge in [0.1, 0.15) is 0 Å². The zero-order valence-electron chi connectivity index (χ0n) is 12.2. The highest BCUT2D eigenvalue weighted by Crippen LogP contribution is 2.24. The second-order valence-electron chi connectivity index (χ2n) is 5.71. The first-order chi connectivity index (χ1) is 9.83. The van der Waals surface area contributed by atoms with Crippen LogP contribution in [0.4, 0.5) is 0 Å². The van der Waals surface area contributed by atoms with E-state index in [2.05, 4.69) is 40.0 Å². The van der Waals surface area contributed by atoms with E-state index >= 15 is 0 Å². The van der Waals surface area contributed by atoms with E-state index in [9.17, 15) is 0 Å². The lowest BCUT2D eigenvalue weighted by atomic mass is 9.89. The van der Waals surface area contributed by atoms with Crippen molar-refractivity contribution in [3.8, 4) is 0 Å². The van der Waals surface area contributed by atoms with E-state index in [0.29, 0.717) is 6.04 Å². The van der Waals surface area contributed by atoms with Crippen LogP contribution in [0.2, 0.25) is 0 Å². The lowest BCUT2D eigenvalue weighted by Gasteiger charge is -2.20. The van der Waals surface area contributed by atoms with Crippen LogP contribution in [0.15, 0.2) is 36.9 Å². The molecule has 0 fully saturated rings. The Hall–Kier alpha value is -1.61. The molecule has 1 aromatic heterocycles. The Morgan fingerprint density at radius 2 is 2.10 bits per heavy atom. The molecule has 0 spiro atoms. The van der Waals surface area contributed by atoms with Crippen LogP contribution in [0.5, 0.6) is 0 Å². The molecule has 3 nitrogen and oxygen atoms in total. The van der Waals surface area contributed by atoms with E-state index in [-0.39, 0.29) is 0 Å². The maximum Gasteiger partial charge on any atom is 0.0946 e. The summed E-state index contributed by atoms with van der Waals surface area (Å²) in [5.74, 6) is 0. The molecule has 3 heteroatoms. The maximum absolute atomic E-state index is 4.06. The molecule has 2 aromatic rings. The average Bonchev–Trinajstić information content (AvgIpc) is 3.00. The van der Waals surface area contributed by atoms with E-state index in [1.54, 1.807) is 11.1 Å². The van der Waals surface area contributed by atoms with Crippen molar-refractivity contribution in [2.75, 3.05) is 6.54 Å². The van der Waals surface area contributed by atoms with Gasteiger partial charge in [-0.05, 0) is 49.3 Å². The molecule has 0 aliphatic heterocycles. The number of fused-ring (bicyclic) bond motifs is 1. The van der Waals surface area contributed by atoms with Gasteiger partial charge < -0.3 is 9.88 Å². The smallest absolute Gasteiger partial charge is 0.0946 e. The number of nitrogens with one attached hydrogen (secondary N) is 1. The predicted molar refractivity (Wildman–Crippen MR) is 81.7 cm³/mol. The van der Waals surface area contributed by atoms with Crippen molar-refractivity contribution in [2.45, 2.75) is 45.2 Å². The summed E-state index contributed by atoms with van der Waals surface area (Å²) in [6, 6.07) is 7.44. The number of hydrogen-bond acceptors (Lipinski definition) is 2. The first-order valence-corrected chi connectivity index (χ1v) is 7.64. The molecule has 3 rings (SSSR count). The van der Waals surface area contributed by atoms with Crippen molar-refractivity contribution < 1.29 is 0 Å². The van der Waals surface area contributed by atoms with Gasteiger partial charge >= 0.3 is 0 Å². The van der Waals surface area contributed by atoms with Crippen molar-refractivity contribution in [1.82, 2.24) is 14.9 Å². The third kappa shape index (κ3) is 3.10. The van der Waals surface area contributed by atoms with Crippen LogP contribution in [0.3, 0.4) is 0 Å². The minimum atomic E-state index is 0.408. The van der Waals surface area contributed by atoms with Gasteiger partial charge in [0, 0.05) is 31.5 Å². The molecule has 1 heterocycles. The highest BCUT2D eigenvalue weighted by Gasteiger charge is 2.12. The van der Waals surface area contributed by atoms with Crippen LogP contribution >= 0.6 is 0 Å². The molecule has 0 amide bonds.